The molecule has 2 aromatic carbocycles. The number of piperazine rings is 1. The number of rotatable bonds is 7. The molecular weight excluding hydrogens is 432 g/mol. The lowest BCUT2D eigenvalue weighted by Gasteiger charge is -2.34. The van der Waals surface area contributed by atoms with Gasteiger partial charge in [0.25, 0.3) is 0 Å². The summed E-state index contributed by atoms with van der Waals surface area (Å²) >= 11 is 6.32. The predicted molar refractivity (Wildman–Crippen MR) is 123 cm³/mol. The highest BCUT2D eigenvalue weighted by Crippen LogP contribution is 2.37. The molecular formula is C24H27ClN2O5. The maximum Gasteiger partial charge on any atom is 0.246 e. The molecule has 8 heteroatoms. The Bertz CT molecular complexity index is 1000. The van der Waals surface area contributed by atoms with Crippen molar-refractivity contribution >= 4 is 23.6 Å². The third-order valence-corrected chi connectivity index (χ3v) is 5.77. The Morgan fingerprint density at radius 1 is 1.12 bits per heavy atom. The molecule has 7 nitrogen and oxygen atoms in total. The van der Waals surface area contributed by atoms with Crippen molar-refractivity contribution in [3.8, 4) is 23.0 Å². The monoisotopic (exact) mass is 458 g/mol. The van der Waals surface area contributed by atoms with E-state index < -0.39 is 0 Å². The van der Waals surface area contributed by atoms with Crippen molar-refractivity contribution in [1.82, 2.24) is 9.80 Å². The van der Waals surface area contributed by atoms with Gasteiger partial charge < -0.3 is 23.8 Å². The highest BCUT2D eigenvalue weighted by molar-refractivity contribution is 6.32. The molecule has 1 saturated heterocycles. The van der Waals surface area contributed by atoms with Crippen molar-refractivity contribution in [2.24, 2.45) is 0 Å². The number of nitrogens with zero attached hydrogens (tertiary/aromatic N) is 2. The van der Waals surface area contributed by atoms with Crippen molar-refractivity contribution in [3.05, 3.63) is 52.6 Å². The second kappa shape index (κ2) is 10.1. The highest BCUT2D eigenvalue weighted by atomic mass is 35.5. The van der Waals surface area contributed by atoms with Crippen LogP contribution in [-0.2, 0) is 11.3 Å². The minimum atomic E-state index is -0.0169. The van der Waals surface area contributed by atoms with Crippen LogP contribution < -0.4 is 18.9 Å². The average molecular weight is 459 g/mol. The average Bonchev–Trinajstić information content (AvgIpc) is 3.27. The fraction of sp³-hybridized carbons (Fsp3) is 0.375. The van der Waals surface area contributed by atoms with Crippen LogP contribution in [0.5, 0.6) is 23.0 Å². The van der Waals surface area contributed by atoms with E-state index in [-0.39, 0.29) is 12.7 Å². The van der Waals surface area contributed by atoms with Crippen molar-refractivity contribution in [2.45, 2.75) is 13.5 Å². The third-order valence-electron chi connectivity index (χ3n) is 5.49. The number of carbonyl (C=O) groups excluding carboxylic acids is 1. The topological polar surface area (TPSA) is 60.5 Å². The molecule has 170 valence electrons. The molecule has 2 aliphatic heterocycles. The quantitative estimate of drug-likeness (QED) is 0.588. The van der Waals surface area contributed by atoms with Gasteiger partial charge in [-0.1, -0.05) is 17.7 Å². The first-order valence-electron chi connectivity index (χ1n) is 10.7. The second-order valence-corrected chi connectivity index (χ2v) is 8.00. The van der Waals surface area contributed by atoms with Crippen LogP contribution >= 0.6 is 11.6 Å². The summed E-state index contributed by atoms with van der Waals surface area (Å²) in [6, 6.07) is 9.61. The van der Waals surface area contributed by atoms with Crippen LogP contribution in [0.3, 0.4) is 0 Å². The van der Waals surface area contributed by atoms with E-state index in [1.807, 2.05) is 30.0 Å². The van der Waals surface area contributed by atoms with Crippen LogP contribution in [0.2, 0.25) is 5.02 Å². The Kier molecular flexibility index (Phi) is 7.07. The normalized spacial score (nSPS) is 15.9. The van der Waals surface area contributed by atoms with Crippen molar-refractivity contribution < 1.29 is 23.7 Å². The van der Waals surface area contributed by atoms with E-state index in [1.54, 1.807) is 25.3 Å². The van der Waals surface area contributed by atoms with Crippen molar-refractivity contribution in [1.29, 1.82) is 0 Å². The lowest BCUT2D eigenvalue weighted by Crippen LogP contribution is -2.47. The minimum Gasteiger partial charge on any atom is -0.493 e. The first-order chi connectivity index (χ1) is 15.6. The van der Waals surface area contributed by atoms with E-state index in [2.05, 4.69) is 11.0 Å². The molecule has 0 radical (unpaired) electrons. The summed E-state index contributed by atoms with van der Waals surface area (Å²) in [5, 5.41) is 0.454. The molecule has 0 aliphatic carbocycles. The van der Waals surface area contributed by atoms with E-state index in [0.717, 1.165) is 36.7 Å². The van der Waals surface area contributed by atoms with Gasteiger partial charge in [-0.25, -0.2) is 0 Å². The van der Waals surface area contributed by atoms with Gasteiger partial charge in [-0.15, -0.1) is 0 Å². The van der Waals surface area contributed by atoms with E-state index in [1.165, 1.54) is 5.56 Å². The molecule has 32 heavy (non-hydrogen) atoms. The molecule has 2 aliphatic rings. The molecule has 0 spiro atoms. The van der Waals surface area contributed by atoms with E-state index >= 15 is 0 Å². The Balaban J connectivity index is 1.31. The van der Waals surface area contributed by atoms with Crippen LogP contribution in [0.4, 0.5) is 0 Å². The molecule has 1 amide bonds. The van der Waals surface area contributed by atoms with E-state index in [0.29, 0.717) is 36.2 Å². The Hall–Kier alpha value is -2.90. The summed E-state index contributed by atoms with van der Waals surface area (Å²) in [6.45, 7) is 6.47. The Labute approximate surface area is 193 Å². The van der Waals surface area contributed by atoms with Gasteiger partial charge in [0.05, 0.1) is 18.7 Å². The van der Waals surface area contributed by atoms with Crippen molar-refractivity contribution in [3.63, 3.8) is 0 Å². The lowest BCUT2D eigenvalue weighted by atomic mass is 10.1. The summed E-state index contributed by atoms with van der Waals surface area (Å²) in [5.74, 6) is 2.63. The Morgan fingerprint density at radius 2 is 1.91 bits per heavy atom. The van der Waals surface area contributed by atoms with Crippen LogP contribution in [-0.4, -0.2) is 62.4 Å². The second-order valence-electron chi connectivity index (χ2n) is 7.59. The number of fused-ring (bicyclic) bond motifs is 1. The zero-order valence-electron chi connectivity index (χ0n) is 18.3. The predicted octanol–water partition coefficient (Wildman–Crippen LogP) is 3.83. The molecule has 0 aromatic heterocycles. The molecule has 0 N–H and O–H groups in total. The number of hydrogen-bond acceptors (Lipinski definition) is 6. The number of hydrogen-bond donors (Lipinski definition) is 0. The molecule has 1 fully saturated rings. The largest absolute Gasteiger partial charge is 0.493 e. The van der Waals surface area contributed by atoms with E-state index in [9.17, 15) is 4.79 Å². The number of ether oxygens (including phenoxy) is 4. The molecule has 4 rings (SSSR count). The van der Waals surface area contributed by atoms with Crippen LogP contribution in [0.15, 0.2) is 36.4 Å². The van der Waals surface area contributed by atoms with Gasteiger partial charge in [-0.05, 0) is 48.4 Å². The SMILES string of the molecule is CCOc1c(Cl)cc(C=CC(=O)N2CCN(Cc3ccc4c(c3)OCO4)CC2)cc1OC. The zero-order valence-corrected chi connectivity index (χ0v) is 19.1. The first-order valence-corrected chi connectivity index (χ1v) is 11.0. The fourth-order valence-electron chi connectivity index (χ4n) is 3.82. The van der Waals surface area contributed by atoms with Gasteiger partial charge in [0.1, 0.15) is 0 Å². The zero-order chi connectivity index (χ0) is 22.5. The molecule has 2 heterocycles. The molecule has 0 bridgehead atoms. The number of halogens is 1. The smallest absolute Gasteiger partial charge is 0.246 e. The molecule has 0 atom stereocenters. The fourth-order valence-corrected chi connectivity index (χ4v) is 4.09. The summed E-state index contributed by atoms with van der Waals surface area (Å²) in [7, 11) is 1.57. The summed E-state index contributed by atoms with van der Waals surface area (Å²) in [6.07, 6.45) is 3.34. The maximum atomic E-state index is 12.7. The number of carbonyl (C=O) groups is 1. The van der Waals surface area contributed by atoms with Gasteiger partial charge in [0, 0.05) is 38.8 Å². The van der Waals surface area contributed by atoms with Crippen LogP contribution in [0.25, 0.3) is 6.08 Å². The third kappa shape index (κ3) is 5.11. The highest BCUT2D eigenvalue weighted by Gasteiger charge is 2.21. The number of benzene rings is 2. The molecule has 2 aromatic rings. The van der Waals surface area contributed by atoms with E-state index in [4.69, 9.17) is 30.5 Å². The van der Waals surface area contributed by atoms with Gasteiger partial charge in [0.2, 0.25) is 12.7 Å². The maximum absolute atomic E-state index is 12.7. The van der Waals surface area contributed by atoms with Crippen LogP contribution in [0.1, 0.15) is 18.1 Å². The summed E-state index contributed by atoms with van der Waals surface area (Å²) < 4.78 is 21.7. The van der Waals surface area contributed by atoms with Crippen molar-refractivity contribution in [2.75, 3.05) is 46.7 Å². The summed E-state index contributed by atoms with van der Waals surface area (Å²) in [4.78, 5) is 16.9. The van der Waals surface area contributed by atoms with Crippen LogP contribution in [0, 0.1) is 0 Å². The number of amides is 1. The van der Waals surface area contributed by atoms with Gasteiger partial charge in [-0.3, -0.25) is 9.69 Å². The molecule has 0 saturated carbocycles. The molecule has 0 unspecified atom stereocenters. The van der Waals surface area contributed by atoms with Gasteiger partial charge in [-0.2, -0.15) is 0 Å². The first kappa shape index (κ1) is 22.3. The number of methoxy groups -OCH3 is 1. The van der Waals surface area contributed by atoms with Gasteiger partial charge in [0.15, 0.2) is 23.0 Å². The summed E-state index contributed by atoms with van der Waals surface area (Å²) in [5.41, 5.74) is 1.96. The Morgan fingerprint density at radius 3 is 2.66 bits per heavy atom. The van der Waals surface area contributed by atoms with Gasteiger partial charge >= 0.3 is 0 Å². The lowest BCUT2D eigenvalue weighted by molar-refractivity contribution is -0.127. The minimum absolute atomic E-state index is 0.0169. The standard InChI is InChI=1S/C24H27ClN2O5/c1-3-30-24-19(25)12-17(13-22(24)29-2)5-7-23(28)27-10-8-26(9-11-27)15-18-4-6-20-21(14-18)32-16-31-20/h4-7,12-14H,3,8-11,15-16H2,1-2H3.